The van der Waals surface area contributed by atoms with Crippen molar-refractivity contribution in [1.29, 1.82) is 0 Å². The summed E-state index contributed by atoms with van der Waals surface area (Å²) in [6, 6.07) is 48.9. The van der Waals surface area contributed by atoms with Gasteiger partial charge in [0.2, 0.25) is 0 Å². The second-order valence-corrected chi connectivity index (χ2v) is 31.1. The fourth-order valence-electron chi connectivity index (χ4n) is 18.3. The molecule has 7 aliphatic rings. The number of ether oxygens (including phenoxy) is 12. The summed E-state index contributed by atoms with van der Waals surface area (Å²) in [5.74, 6) is 20.4. The molecule has 614 valence electrons. The number of H-pyrrole nitrogens is 3. The molecule has 4 N–H and O–H groups in total. The normalized spacial score (nSPS) is 24.6. The maximum absolute atomic E-state index is 14.3. The fraction of sp³-hybridized carbons (Fsp3) is 0.374. The van der Waals surface area contributed by atoms with Crippen LogP contribution in [-0.4, -0.2) is 137 Å². The van der Waals surface area contributed by atoms with Crippen LogP contribution in [0.3, 0.4) is 0 Å². The van der Waals surface area contributed by atoms with Crippen LogP contribution in [0.1, 0.15) is 147 Å². The molecule has 28 heteroatoms. The Hall–Kier alpha value is -12.6. The van der Waals surface area contributed by atoms with Gasteiger partial charge in [-0.15, -0.1) is 0 Å². The molecule has 9 aromatic rings. The van der Waals surface area contributed by atoms with Crippen molar-refractivity contribution < 1.29 is 76.3 Å². The summed E-state index contributed by atoms with van der Waals surface area (Å²) in [6.45, 7) is 3.07. The number of carbonyl (C=O) groups excluding carboxylic acids is 3. The van der Waals surface area contributed by atoms with E-state index in [1.165, 1.54) is 48.5 Å². The summed E-state index contributed by atoms with van der Waals surface area (Å²) in [6.07, 6.45) is -3.38. The summed E-state index contributed by atoms with van der Waals surface area (Å²) in [4.78, 5) is 129. The van der Waals surface area contributed by atoms with Crippen molar-refractivity contribution in [3.63, 3.8) is 0 Å². The lowest BCUT2D eigenvalue weighted by molar-refractivity contribution is -0.154. The number of nitrogens with zero attached hydrogens (tertiary/aromatic N) is 3. The third-order valence-electron chi connectivity index (χ3n) is 23.2. The summed E-state index contributed by atoms with van der Waals surface area (Å²) >= 11 is 0. The highest BCUT2D eigenvalue weighted by Gasteiger charge is 2.63. The predicted molar refractivity (Wildman–Crippen MR) is 429 cm³/mol. The van der Waals surface area contributed by atoms with E-state index < -0.39 is 134 Å². The molecule has 11 atom stereocenters. The molecule has 3 aliphatic heterocycles. The number of aromatic nitrogens is 6. The van der Waals surface area contributed by atoms with Crippen LogP contribution in [0.15, 0.2) is 205 Å². The number of rotatable bonds is 23. The first-order valence-electron chi connectivity index (χ1n) is 39.1. The number of aliphatic hydroxyl groups excluding tert-OH is 1. The minimum atomic E-state index is -1.32. The zero-order chi connectivity index (χ0) is 83.5. The Bertz CT molecular complexity index is 5500. The lowest BCUT2D eigenvalue weighted by atomic mass is 9.40. The molecule has 3 saturated heterocycles. The van der Waals surface area contributed by atoms with Crippen LogP contribution >= 0.6 is 0 Å². The van der Waals surface area contributed by atoms with Gasteiger partial charge in [-0.3, -0.25) is 57.4 Å². The maximum Gasteiger partial charge on any atom is 0.330 e. The van der Waals surface area contributed by atoms with Crippen molar-refractivity contribution in [2.75, 3.05) is 48.3 Å². The minimum absolute atomic E-state index is 0.0529. The van der Waals surface area contributed by atoms with E-state index in [0.29, 0.717) is 42.3 Å². The van der Waals surface area contributed by atoms with Gasteiger partial charge in [-0.2, -0.15) is 0 Å². The Balaban J connectivity index is 0.766. The molecular formula is C91H88N6O22. The van der Waals surface area contributed by atoms with Gasteiger partial charge in [0.25, 0.3) is 16.7 Å². The Morgan fingerprint density at radius 2 is 0.723 bits per heavy atom. The molecule has 3 aromatic heterocycles. The zero-order valence-corrected chi connectivity index (χ0v) is 66.4. The Morgan fingerprint density at radius 1 is 0.420 bits per heavy atom. The summed E-state index contributed by atoms with van der Waals surface area (Å²) in [5, 5.41) is 10.9. The number of hydrogen-bond acceptors (Lipinski definition) is 22. The smallest absolute Gasteiger partial charge is 0.330 e. The first kappa shape index (κ1) is 81.5. The van der Waals surface area contributed by atoms with E-state index in [4.69, 9.17) is 56.8 Å². The topological polar surface area (TPSA) is 347 Å². The first-order valence-corrected chi connectivity index (χ1v) is 39.1. The van der Waals surface area contributed by atoms with Crippen LogP contribution < -0.4 is 52.7 Å². The molecule has 0 spiro atoms. The van der Waals surface area contributed by atoms with E-state index in [-0.39, 0.29) is 81.0 Å². The molecule has 119 heavy (non-hydrogen) atoms. The van der Waals surface area contributed by atoms with Gasteiger partial charge >= 0.3 is 35.0 Å². The molecule has 4 bridgehead atoms. The number of carbonyl (C=O) groups is 3. The average molecular weight is 1620 g/mol. The highest BCUT2D eigenvalue weighted by atomic mass is 16.6. The number of esters is 3. The molecule has 16 rings (SSSR count). The van der Waals surface area contributed by atoms with E-state index in [2.05, 4.69) is 50.5 Å². The van der Waals surface area contributed by atoms with Crippen LogP contribution in [0.2, 0.25) is 0 Å². The van der Waals surface area contributed by atoms with Crippen LogP contribution in [0, 0.1) is 57.7 Å². The molecule has 2 unspecified atom stereocenters. The van der Waals surface area contributed by atoms with E-state index in [0.717, 1.165) is 37.9 Å². The second-order valence-electron chi connectivity index (χ2n) is 31.1. The highest BCUT2D eigenvalue weighted by Crippen LogP contribution is 2.69. The number of aromatic amines is 3. The van der Waals surface area contributed by atoms with E-state index in [9.17, 15) is 48.3 Å². The largest absolute Gasteiger partial charge is 0.497 e. The maximum atomic E-state index is 14.3. The van der Waals surface area contributed by atoms with Crippen molar-refractivity contribution in [2.45, 2.75) is 145 Å². The lowest BCUT2D eigenvalue weighted by Gasteiger charge is -2.62. The van der Waals surface area contributed by atoms with Gasteiger partial charge in [-0.05, 0) is 126 Å². The number of aliphatic hydroxyl groups is 1. The summed E-state index contributed by atoms with van der Waals surface area (Å²) in [5.41, 5.74) is -6.52. The lowest BCUT2D eigenvalue weighted by Crippen LogP contribution is -2.55. The van der Waals surface area contributed by atoms with Crippen molar-refractivity contribution in [2.24, 2.45) is 22.2 Å². The Labute approximate surface area is 682 Å². The van der Waals surface area contributed by atoms with Gasteiger partial charge in [-0.1, -0.05) is 145 Å². The predicted octanol–water partition coefficient (Wildman–Crippen LogP) is 8.35. The van der Waals surface area contributed by atoms with Crippen LogP contribution in [0.5, 0.6) is 23.0 Å². The van der Waals surface area contributed by atoms with Gasteiger partial charge in [0.15, 0.2) is 0 Å². The Kier molecular flexibility index (Phi) is 23.2. The Morgan fingerprint density at radius 3 is 1.03 bits per heavy atom. The molecule has 4 aliphatic carbocycles. The minimum Gasteiger partial charge on any atom is -0.497 e. The van der Waals surface area contributed by atoms with Gasteiger partial charge in [0, 0.05) is 74.9 Å². The molecule has 28 nitrogen and oxygen atoms in total. The number of methoxy groups -OCH3 is 4. The van der Waals surface area contributed by atoms with E-state index >= 15 is 0 Å². The number of nitrogens with one attached hydrogen (secondary N) is 3. The fourth-order valence-corrected chi connectivity index (χ4v) is 18.3. The average Bonchev–Trinajstić information content (AvgIpc) is 1.17. The van der Waals surface area contributed by atoms with Crippen LogP contribution in [0.4, 0.5) is 0 Å². The molecule has 0 amide bonds. The van der Waals surface area contributed by atoms with Gasteiger partial charge in [0.05, 0.1) is 47.8 Å². The first-order chi connectivity index (χ1) is 57.3. The molecule has 0 radical (unpaired) electrons. The molecule has 4 saturated carbocycles. The highest BCUT2D eigenvalue weighted by molar-refractivity contribution is 5.67. The summed E-state index contributed by atoms with van der Waals surface area (Å²) in [7, 11) is 6.29. The second kappa shape index (κ2) is 33.8. The van der Waals surface area contributed by atoms with Crippen LogP contribution in [0.25, 0.3) is 0 Å². The summed E-state index contributed by atoms with van der Waals surface area (Å²) < 4.78 is 76.7. The van der Waals surface area contributed by atoms with Crippen molar-refractivity contribution >= 4 is 17.9 Å². The number of hydrogen-bond donors (Lipinski definition) is 4. The molecule has 7 fully saturated rings. The van der Waals surface area contributed by atoms with Crippen molar-refractivity contribution in [3.05, 3.63) is 289 Å². The number of benzene rings is 6. The zero-order valence-electron chi connectivity index (χ0n) is 66.4. The quantitative estimate of drug-likeness (QED) is 0.0202. The van der Waals surface area contributed by atoms with Crippen LogP contribution in [-0.2, 0) is 63.5 Å². The van der Waals surface area contributed by atoms with E-state index in [1.54, 1.807) is 28.4 Å². The third-order valence-corrected chi connectivity index (χ3v) is 23.2. The van der Waals surface area contributed by atoms with Gasteiger partial charge in [-0.25, -0.2) is 14.4 Å². The molecular weight excluding hydrogens is 1530 g/mol. The molecule has 6 aromatic carbocycles. The molecule has 6 heterocycles. The monoisotopic (exact) mass is 1620 g/mol. The third kappa shape index (κ3) is 16.8. The van der Waals surface area contributed by atoms with Crippen molar-refractivity contribution in [1.82, 2.24) is 28.7 Å². The van der Waals surface area contributed by atoms with Gasteiger partial charge in [0.1, 0.15) is 107 Å². The van der Waals surface area contributed by atoms with E-state index in [1.807, 2.05) is 158 Å². The SMILES string of the molecule is COc1ccc(C(OC[C@H]2O[C@@H](n3cc(C#CC45CC6CC(C#Cc7cn([C@H]8C[C@H](OC(C)=O)[C@@H](COC(c9ccccc9)(c9ccc(OC)cc9)c9ccc(OC)cc9)O8)c(=O)[nH]c7=O)(C4)CC(C#Cc4cn([C@H]7C[C@H](O)[C@@H](COC(C)=O)O7)c(=O)[nH]c4=O)(C6)C5)c(=O)[nH]c3=O)C[C@@H]2OC(C)=O)(c2ccccc2)c2ccc(OC)cc2)cc1. The standard InChI is InChI=1S/C91H88N6O22/c1-55(98)112-49-75-72(101)40-78(117-75)95-46-59(81(102)92-84(95)105)34-37-87-43-58-44-88(52-87,38-35-60-47-96(85(106)93-82(60)103)79-41-73(115-56(2)99)76(118-79)50-113-90(62-14-10-8-11-15-62,64-18-26-68(108-4)27-19-64)65-20-28-69(109-5)29-21-65)54-89(45-58,53-87)39-36-61-48-97(86(107)94-83(61)104)80-42-74(116-57(3)100)77(119-80)51-114-91(63-16-12-9-13-17-63,66-22-30-70(110-6)31-23-66)67-24-32-71(111-7)33-25-67/h8-33,46-48,58,72-80,101H,40-45,49-54H2,1-7H3,(H,92,102,105)(H,93,103,106)(H,94,104,107)/t58?,72-,73-,74-,75+,76+,77+,78+,79+,80+,87?,88?,89?/m0/s1. The van der Waals surface area contributed by atoms with Crippen molar-refractivity contribution in [3.8, 4) is 58.5 Å². The van der Waals surface area contributed by atoms with Gasteiger partial charge < -0.3 is 61.9 Å².